The number of hydrazone groups is 1. The number of hydrogen-bond donors (Lipinski definition) is 2. The maximum Gasteiger partial charge on any atom is 0.255 e. The number of piperidine rings is 1. The first-order chi connectivity index (χ1) is 16.5. The fourth-order valence-electron chi connectivity index (χ4n) is 4.26. The third kappa shape index (κ3) is 4.60. The molecule has 2 N–H and O–H groups in total. The van der Waals surface area contributed by atoms with Crippen LogP contribution in [0.25, 0.3) is 0 Å². The third-order valence-electron chi connectivity index (χ3n) is 6.11. The van der Waals surface area contributed by atoms with Gasteiger partial charge in [0.05, 0.1) is 39.2 Å². The normalized spacial score (nSPS) is 18.4. The topological polar surface area (TPSA) is 80.5 Å². The molecule has 1 saturated heterocycles. The highest BCUT2D eigenvalue weighted by molar-refractivity contribution is 9.12. The minimum absolute atomic E-state index is 0.0352. The average molecular weight is 541 g/mol. The number of carbonyl (C=O) groups is 1. The summed E-state index contributed by atoms with van der Waals surface area (Å²) in [6.45, 7) is 1.78. The van der Waals surface area contributed by atoms with Crippen molar-refractivity contribution in [3.8, 4) is 5.75 Å². The van der Waals surface area contributed by atoms with Gasteiger partial charge in [-0.25, -0.2) is 10.0 Å². The maximum atomic E-state index is 12.9. The highest BCUT2D eigenvalue weighted by Crippen LogP contribution is 2.28. The van der Waals surface area contributed by atoms with Gasteiger partial charge in [0, 0.05) is 30.8 Å². The molecule has 1 amide bonds. The van der Waals surface area contributed by atoms with E-state index in [1.807, 2.05) is 40.3 Å². The van der Waals surface area contributed by atoms with Gasteiger partial charge < -0.3 is 15.3 Å². The molecule has 2 aromatic carbocycles. The van der Waals surface area contributed by atoms with Gasteiger partial charge in [0.2, 0.25) is 0 Å². The summed E-state index contributed by atoms with van der Waals surface area (Å²) in [7, 11) is 0. The van der Waals surface area contributed by atoms with Gasteiger partial charge in [-0.15, -0.1) is 0 Å². The minimum Gasteiger partial charge on any atom is -0.507 e. The summed E-state index contributed by atoms with van der Waals surface area (Å²) in [6, 6.07) is 14.5. The molecule has 3 aliphatic heterocycles. The molecule has 0 spiro atoms. The molecule has 0 aliphatic carbocycles. The quantitative estimate of drug-likeness (QED) is 0.599. The van der Waals surface area contributed by atoms with Crippen molar-refractivity contribution in [1.82, 2.24) is 15.2 Å². The number of rotatable bonds is 4. The molecule has 7 nitrogen and oxygen atoms in total. The zero-order valence-electron chi connectivity index (χ0n) is 18.3. The summed E-state index contributed by atoms with van der Waals surface area (Å²) >= 11 is 9.76. The van der Waals surface area contributed by atoms with E-state index in [1.165, 1.54) is 0 Å². The number of halogens is 2. The summed E-state index contributed by atoms with van der Waals surface area (Å²) in [5.74, 6) is 0.948. The molecular formula is C25H23BrClN5O2. The summed E-state index contributed by atoms with van der Waals surface area (Å²) < 4.78 is 0.817. The van der Waals surface area contributed by atoms with Crippen molar-refractivity contribution in [3.05, 3.63) is 86.8 Å². The SMILES string of the molecule is O=C(c1ccccc1Cl)N1CCC(NC2=CC(c3ccccc3O)=NC3=C(Br)C=NN2C3)CC1. The van der Waals surface area contributed by atoms with E-state index in [4.69, 9.17) is 16.6 Å². The Morgan fingerprint density at radius 1 is 1.12 bits per heavy atom. The average Bonchev–Trinajstić information content (AvgIpc) is 2.99. The fourth-order valence-corrected chi connectivity index (χ4v) is 4.78. The van der Waals surface area contributed by atoms with E-state index in [0.29, 0.717) is 41.5 Å². The van der Waals surface area contributed by atoms with Crippen LogP contribution in [0.15, 0.2) is 80.7 Å². The lowest BCUT2D eigenvalue weighted by atomic mass is 10.0. The van der Waals surface area contributed by atoms with Gasteiger partial charge in [-0.2, -0.15) is 5.10 Å². The molecule has 34 heavy (non-hydrogen) atoms. The lowest BCUT2D eigenvalue weighted by molar-refractivity contribution is 0.0705. The first-order valence-corrected chi connectivity index (χ1v) is 12.3. The number of hydrogen-bond acceptors (Lipinski definition) is 6. The van der Waals surface area contributed by atoms with Crippen LogP contribution in [-0.2, 0) is 0 Å². The van der Waals surface area contributed by atoms with E-state index >= 15 is 0 Å². The fraction of sp³-hybridized carbons (Fsp3) is 0.240. The number of benzene rings is 2. The predicted octanol–water partition coefficient (Wildman–Crippen LogP) is 4.49. The van der Waals surface area contributed by atoms with E-state index < -0.39 is 0 Å². The number of nitrogens with zero attached hydrogens (tertiary/aromatic N) is 4. The Hall–Kier alpha value is -3.10. The molecule has 0 unspecified atom stereocenters. The minimum atomic E-state index is -0.0352. The Bertz CT molecular complexity index is 1250. The summed E-state index contributed by atoms with van der Waals surface area (Å²) in [4.78, 5) is 19.6. The van der Waals surface area contributed by atoms with E-state index in [1.54, 1.807) is 30.5 Å². The van der Waals surface area contributed by atoms with Crippen molar-refractivity contribution in [2.75, 3.05) is 19.6 Å². The first kappa shape index (κ1) is 22.7. The highest BCUT2D eigenvalue weighted by Gasteiger charge is 2.28. The van der Waals surface area contributed by atoms with Crippen LogP contribution in [0.1, 0.15) is 28.8 Å². The van der Waals surface area contributed by atoms with E-state index in [0.717, 1.165) is 28.8 Å². The Balaban J connectivity index is 1.33. The van der Waals surface area contributed by atoms with Gasteiger partial charge in [-0.3, -0.25) is 4.79 Å². The van der Waals surface area contributed by atoms with Crippen LogP contribution in [0.4, 0.5) is 0 Å². The van der Waals surface area contributed by atoms with Gasteiger partial charge in [0.25, 0.3) is 5.91 Å². The van der Waals surface area contributed by atoms with Crippen molar-refractivity contribution < 1.29 is 9.90 Å². The number of fused-ring (bicyclic) bond motifs is 2. The molecule has 1 fully saturated rings. The lowest BCUT2D eigenvalue weighted by Crippen LogP contribution is -2.46. The molecule has 2 aromatic rings. The molecule has 9 heteroatoms. The molecule has 0 radical (unpaired) electrons. The molecular weight excluding hydrogens is 518 g/mol. The predicted molar refractivity (Wildman–Crippen MR) is 137 cm³/mol. The summed E-state index contributed by atoms with van der Waals surface area (Å²) in [6.07, 6.45) is 5.24. The van der Waals surface area contributed by atoms with Crippen LogP contribution < -0.4 is 5.32 Å². The van der Waals surface area contributed by atoms with Gasteiger partial charge in [-0.1, -0.05) is 35.9 Å². The van der Waals surface area contributed by atoms with Gasteiger partial charge >= 0.3 is 0 Å². The number of amides is 1. The number of aliphatic imine (C=N–C) groups is 1. The maximum absolute atomic E-state index is 12.9. The van der Waals surface area contributed by atoms with Crippen molar-refractivity contribution in [2.24, 2.45) is 10.1 Å². The molecule has 0 saturated carbocycles. The standard InChI is InChI=1S/C25H23BrClN5O2/c26-19-14-28-32-15-22(19)30-21(18-6-2-4-8-23(18)33)13-24(32)29-16-9-11-31(12-10-16)25(34)17-5-1-3-7-20(17)27/h1-8,13-14,16,29,33H,9-12,15H2. The second-order valence-electron chi connectivity index (χ2n) is 8.33. The second kappa shape index (κ2) is 9.64. The number of para-hydroxylation sites is 1. The number of phenols is 1. The third-order valence-corrected chi connectivity index (χ3v) is 7.10. The smallest absolute Gasteiger partial charge is 0.255 e. The Labute approximate surface area is 211 Å². The number of carbonyl (C=O) groups excluding carboxylic acids is 1. The zero-order valence-corrected chi connectivity index (χ0v) is 20.6. The van der Waals surface area contributed by atoms with Gasteiger partial charge in [-0.05, 0) is 53.0 Å². The molecule has 174 valence electrons. The number of nitrogens with one attached hydrogen (secondary N) is 1. The van der Waals surface area contributed by atoms with E-state index in [2.05, 4.69) is 26.3 Å². The van der Waals surface area contributed by atoms with Crippen LogP contribution >= 0.6 is 27.5 Å². The second-order valence-corrected chi connectivity index (χ2v) is 9.59. The number of phenolic OH excluding ortho intramolecular Hbond substituents is 1. The van der Waals surface area contributed by atoms with Crippen LogP contribution in [0.5, 0.6) is 5.75 Å². The zero-order chi connectivity index (χ0) is 23.7. The van der Waals surface area contributed by atoms with E-state index in [9.17, 15) is 9.90 Å². The number of likely N-dealkylation sites (tertiary alicyclic amines) is 1. The largest absolute Gasteiger partial charge is 0.507 e. The van der Waals surface area contributed by atoms with E-state index in [-0.39, 0.29) is 17.7 Å². The number of aromatic hydroxyl groups is 1. The number of allylic oxidation sites excluding steroid dienone is 2. The monoisotopic (exact) mass is 539 g/mol. The molecule has 2 bridgehead atoms. The molecule has 3 aliphatic rings. The van der Waals surface area contributed by atoms with Crippen LogP contribution in [0.2, 0.25) is 5.02 Å². The van der Waals surface area contributed by atoms with Crippen molar-refractivity contribution >= 4 is 45.4 Å². The Morgan fingerprint density at radius 3 is 2.62 bits per heavy atom. The molecule has 5 rings (SSSR count). The first-order valence-electron chi connectivity index (χ1n) is 11.1. The van der Waals surface area contributed by atoms with Gasteiger partial charge in [0.1, 0.15) is 11.6 Å². The Kier molecular flexibility index (Phi) is 6.43. The Morgan fingerprint density at radius 2 is 1.85 bits per heavy atom. The molecule has 0 aromatic heterocycles. The van der Waals surface area contributed by atoms with Crippen molar-refractivity contribution in [3.63, 3.8) is 0 Å². The summed E-state index contributed by atoms with van der Waals surface area (Å²) in [5, 5.41) is 20.9. The van der Waals surface area contributed by atoms with Crippen LogP contribution in [-0.4, -0.2) is 58.5 Å². The molecule has 3 heterocycles. The van der Waals surface area contributed by atoms with Crippen LogP contribution in [0, 0.1) is 0 Å². The van der Waals surface area contributed by atoms with Crippen molar-refractivity contribution in [1.29, 1.82) is 0 Å². The van der Waals surface area contributed by atoms with Gasteiger partial charge in [0.15, 0.2) is 0 Å². The lowest BCUT2D eigenvalue weighted by Gasteiger charge is -2.35. The van der Waals surface area contributed by atoms with Crippen LogP contribution in [0.3, 0.4) is 0 Å². The molecule has 0 atom stereocenters. The summed E-state index contributed by atoms with van der Waals surface area (Å²) in [5.41, 5.74) is 2.69. The highest BCUT2D eigenvalue weighted by atomic mass is 79.9. The van der Waals surface area contributed by atoms with Crippen molar-refractivity contribution in [2.45, 2.75) is 18.9 Å².